The fourth-order valence-electron chi connectivity index (χ4n) is 3.37. The van der Waals surface area contributed by atoms with Crippen molar-refractivity contribution in [1.29, 1.82) is 0 Å². The summed E-state index contributed by atoms with van der Waals surface area (Å²) < 4.78 is 0. The van der Waals surface area contributed by atoms with Crippen LogP contribution in [0.25, 0.3) is 0 Å². The average Bonchev–Trinajstić information content (AvgIpc) is 2.60. The largest absolute Gasteiger partial charge is 0.251 e. The summed E-state index contributed by atoms with van der Waals surface area (Å²) >= 11 is 0. The molecule has 0 unspecified atom stereocenters. The Kier molecular flexibility index (Phi) is 5.84. The van der Waals surface area contributed by atoms with Crippen LogP contribution in [0.3, 0.4) is 0 Å². The molecule has 2 aromatic carbocycles. The standard InChI is InChI=1S/C25H27N3/c1-16-10-17(2)13-22(12-16)26-20(5)24-8-7-9-25(28-24)21(6)27-23-14-18(3)11-19(4)15-23/h7-15H,1-6H3. The maximum atomic E-state index is 4.79. The van der Waals surface area contributed by atoms with Crippen LogP contribution in [0.1, 0.15) is 47.5 Å². The van der Waals surface area contributed by atoms with Crippen LogP contribution in [0.4, 0.5) is 11.4 Å². The molecule has 0 amide bonds. The molecule has 0 aliphatic heterocycles. The van der Waals surface area contributed by atoms with Crippen molar-refractivity contribution in [2.24, 2.45) is 9.98 Å². The summed E-state index contributed by atoms with van der Waals surface area (Å²) in [5.41, 5.74) is 10.3. The lowest BCUT2D eigenvalue weighted by Crippen LogP contribution is -2.05. The van der Waals surface area contributed by atoms with Crippen LogP contribution < -0.4 is 0 Å². The maximum absolute atomic E-state index is 4.79. The minimum Gasteiger partial charge on any atom is -0.251 e. The number of pyridine rings is 1. The molecule has 1 heterocycles. The second-order valence-electron chi connectivity index (χ2n) is 7.49. The SMILES string of the molecule is CC(=Nc1cc(C)cc(C)c1)c1cccc(C(C)=Nc2cc(C)cc(C)c2)n1. The predicted octanol–water partition coefficient (Wildman–Crippen LogP) is 6.60. The van der Waals surface area contributed by atoms with Crippen LogP contribution in [-0.4, -0.2) is 16.4 Å². The molecule has 0 bridgehead atoms. The molecule has 0 fully saturated rings. The first kappa shape index (κ1) is 19.7. The lowest BCUT2D eigenvalue weighted by molar-refractivity contribution is 1.23. The molecule has 0 atom stereocenters. The van der Waals surface area contributed by atoms with Gasteiger partial charge >= 0.3 is 0 Å². The van der Waals surface area contributed by atoms with Gasteiger partial charge in [0.15, 0.2) is 0 Å². The molecule has 0 N–H and O–H groups in total. The van der Waals surface area contributed by atoms with E-state index in [1.165, 1.54) is 22.3 Å². The smallest absolute Gasteiger partial charge is 0.0849 e. The van der Waals surface area contributed by atoms with E-state index in [1.807, 2.05) is 32.0 Å². The van der Waals surface area contributed by atoms with Gasteiger partial charge in [0.25, 0.3) is 0 Å². The van der Waals surface area contributed by atoms with E-state index in [0.717, 1.165) is 34.2 Å². The molecular formula is C25H27N3. The zero-order valence-corrected chi connectivity index (χ0v) is 17.5. The Hall–Kier alpha value is -3.07. The van der Waals surface area contributed by atoms with Gasteiger partial charge in [0.1, 0.15) is 0 Å². The van der Waals surface area contributed by atoms with E-state index in [2.05, 4.69) is 64.1 Å². The predicted molar refractivity (Wildman–Crippen MR) is 120 cm³/mol. The number of aromatic nitrogens is 1. The van der Waals surface area contributed by atoms with Crippen LogP contribution >= 0.6 is 0 Å². The van der Waals surface area contributed by atoms with Crippen molar-refractivity contribution in [2.45, 2.75) is 41.5 Å². The third-order valence-corrected chi connectivity index (χ3v) is 4.50. The van der Waals surface area contributed by atoms with Crippen molar-refractivity contribution >= 4 is 22.8 Å². The lowest BCUT2D eigenvalue weighted by atomic mass is 10.1. The van der Waals surface area contributed by atoms with Gasteiger partial charge < -0.3 is 0 Å². The zero-order valence-electron chi connectivity index (χ0n) is 17.5. The second-order valence-corrected chi connectivity index (χ2v) is 7.49. The van der Waals surface area contributed by atoms with Gasteiger partial charge in [0, 0.05) is 0 Å². The highest BCUT2D eigenvalue weighted by molar-refractivity contribution is 6.02. The molecule has 0 spiro atoms. The van der Waals surface area contributed by atoms with Gasteiger partial charge in [-0.25, -0.2) is 4.98 Å². The van der Waals surface area contributed by atoms with E-state index in [9.17, 15) is 0 Å². The van der Waals surface area contributed by atoms with Crippen LogP contribution in [0.2, 0.25) is 0 Å². The number of hydrogen-bond donors (Lipinski definition) is 0. The lowest BCUT2D eigenvalue weighted by Gasteiger charge is -2.06. The summed E-state index contributed by atoms with van der Waals surface area (Å²) in [6, 6.07) is 18.7. The van der Waals surface area contributed by atoms with Gasteiger partial charge in [0.2, 0.25) is 0 Å². The Morgan fingerprint density at radius 3 is 1.32 bits per heavy atom. The van der Waals surface area contributed by atoms with E-state index < -0.39 is 0 Å². The molecule has 0 aliphatic carbocycles. The Labute approximate surface area is 167 Å². The topological polar surface area (TPSA) is 37.6 Å². The molecule has 3 aromatic rings. The van der Waals surface area contributed by atoms with Crippen LogP contribution in [0, 0.1) is 27.7 Å². The minimum absolute atomic E-state index is 0.867. The quantitative estimate of drug-likeness (QED) is 0.478. The van der Waals surface area contributed by atoms with Gasteiger partial charge in [-0.05, 0) is 100 Å². The monoisotopic (exact) mass is 369 g/mol. The summed E-state index contributed by atoms with van der Waals surface area (Å²) in [7, 11) is 0. The summed E-state index contributed by atoms with van der Waals surface area (Å²) in [4.78, 5) is 14.3. The summed E-state index contributed by atoms with van der Waals surface area (Å²) in [5, 5.41) is 0. The number of nitrogens with zero attached hydrogens (tertiary/aromatic N) is 3. The highest BCUT2D eigenvalue weighted by Gasteiger charge is 2.06. The Bertz CT molecular complexity index is 952. The number of benzene rings is 2. The van der Waals surface area contributed by atoms with Crippen molar-refractivity contribution in [3.8, 4) is 0 Å². The fraction of sp³-hybridized carbons (Fsp3) is 0.240. The van der Waals surface area contributed by atoms with Gasteiger partial charge in [-0.15, -0.1) is 0 Å². The summed E-state index contributed by atoms with van der Waals surface area (Å²) in [5.74, 6) is 0. The molecule has 28 heavy (non-hydrogen) atoms. The minimum atomic E-state index is 0.867. The first-order valence-corrected chi connectivity index (χ1v) is 9.55. The molecular weight excluding hydrogens is 342 g/mol. The first-order chi connectivity index (χ1) is 13.3. The molecule has 3 nitrogen and oxygen atoms in total. The number of hydrogen-bond acceptors (Lipinski definition) is 3. The first-order valence-electron chi connectivity index (χ1n) is 9.55. The number of rotatable bonds is 4. The molecule has 3 rings (SSSR count). The molecule has 0 aliphatic rings. The highest BCUT2D eigenvalue weighted by Crippen LogP contribution is 2.20. The van der Waals surface area contributed by atoms with Gasteiger partial charge in [0.05, 0.1) is 34.2 Å². The number of aliphatic imine (C=N–C) groups is 2. The summed E-state index contributed by atoms with van der Waals surface area (Å²) in [6.07, 6.45) is 0. The third-order valence-electron chi connectivity index (χ3n) is 4.50. The molecule has 0 radical (unpaired) electrons. The molecule has 0 saturated carbocycles. The van der Waals surface area contributed by atoms with Crippen molar-refractivity contribution in [1.82, 2.24) is 4.98 Å². The third kappa shape index (κ3) is 5.01. The maximum Gasteiger partial charge on any atom is 0.0849 e. The molecule has 1 aromatic heterocycles. The fourth-order valence-corrected chi connectivity index (χ4v) is 3.37. The molecule has 3 heteroatoms. The zero-order chi connectivity index (χ0) is 20.3. The summed E-state index contributed by atoms with van der Waals surface area (Å²) in [6.45, 7) is 12.4. The van der Waals surface area contributed by atoms with Crippen LogP contribution in [-0.2, 0) is 0 Å². The van der Waals surface area contributed by atoms with E-state index in [-0.39, 0.29) is 0 Å². The van der Waals surface area contributed by atoms with Crippen LogP contribution in [0.15, 0.2) is 64.6 Å². The Morgan fingerprint density at radius 1 is 0.607 bits per heavy atom. The van der Waals surface area contributed by atoms with Gasteiger partial charge in [-0.2, -0.15) is 0 Å². The Balaban J connectivity index is 1.92. The van der Waals surface area contributed by atoms with Crippen molar-refractivity contribution < 1.29 is 0 Å². The van der Waals surface area contributed by atoms with E-state index >= 15 is 0 Å². The molecule has 0 saturated heterocycles. The van der Waals surface area contributed by atoms with E-state index in [4.69, 9.17) is 15.0 Å². The van der Waals surface area contributed by atoms with Crippen molar-refractivity contribution in [2.75, 3.05) is 0 Å². The van der Waals surface area contributed by atoms with Crippen LogP contribution in [0.5, 0.6) is 0 Å². The van der Waals surface area contributed by atoms with Crippen molar-refractivity contribution in [3.63, 3.8) is 0 Å². The second kappa shape index (κ2) is 8.30. The van der Waals surface area contributed by atoms with Crippen molar-refractivity contribution in [3.05, 3.63) is 88.2 Å². The average molecular weight is 370 g/mol. The van der Waals surface area contributed by atoms with E-state index in [1.54, 1.807) is 0 Å². The Morgan fingerprint density at radius 2 is 0.964 bits per heavy atom. The molecule has 142 valence electrons. The van der Waals surface area contributed by atoms with Gasteiger partial charge in [-0.1, -0.05) is 18.2 Å². The highest BCUT2D eigenvalue weighted by atomic mass is 14.8. The normalized spacial score (nSPS) is 12.4. The van der Waals surface area contributed by atoms with Gasteiger partial charge in [-0.3, -0.25) is 9.98 Å². The van der Waals surface area contributed by atoms with E-state index in [0.29, 0.717) is 0 Å². The number of aryl methyl sites for hydroxylation is 4.